The molecule has 7 nitrogen and oxygen atoms in total. The molecule has 0 saturated heterocycles. The highest BCUT2D eigenvalue weighted by molar-refractivity contribution is 7.89. The van der Waals surface area contributed by atoms with Crippen LogP contribution in [0.1, 0.15) is 29.9 Å². The van der Waals surface area contributed by atoms with E-state index in [2.05, 4.69) is 15.6 Å². The van der Waals surface area contributed by atoms with Gasteiger partial charge in [0.25, 0.3) is 0 Å². The number of nitrogens with zero attached hydrogens (tertiary/aromatic N) is 2. The maximum atomic E-state index is 13.7. The van der Waals surface area contributed by atoms with Crippen LogP contribution in [0.25, 0.3) is 0 Å². The molecule has 1 aromatic heterocycles. The van der Waals surface area contributed by atoms with Crippen LogP contribution in [0, 0.1) is 5.82 Å². The highest BCUT2D eigenvalue weighted by Gasteiger charge is 2.17. The number of furan rings is 1. The zero-order chi connectivity index (χ0) is 21.4. The Morgan fingerprint density at radius 2 is 2.00 bits per heavy atom. The van der Waals surface area contributed by atoms with E-state index in [-0.39, 0.29) is 18.3 Å². The van der Waals surface area contributed by atoms with Crippen molar-refractivity contribution < 1.29 is 17.2 Å². The standard InChI is InChI=1S/C20H29FN4O3S/c1-5-22-20(24-13-18(25(2)3)19-7-6-10-28-19)23-12-16-11-17(21)9-8-15(16)14-29(4,26)27/h6-11,18H,5,12-14H2,1-4H3,(H2,22,23,24). The molecule has 0 bridgehead atoms. The van der Waals surface area contributed by atoms with Crippen LogP contribution in [0.3, 0.4) is 0 Å². The third-order valence-electron chi connectivity index (χ3n) is 4.30. The first-order valence-corrected chi connectivity index (χ1v) is 11.4. The largest absolute Gasteiger partial charge is 0.468 e. The minimum Gasteiger partial charge on any atom is -0.468 e. The molecule has 160 valence electrons. The number of benzene rings is 1. The topological polar surface area (TPSA) is 86.9 Å². The van der Waals surface area contributed by atoms with Crippen molar-refractivity contribution in [2.75, 3.05) is 33.4 Å². The van der Waals surface area contributed by atoms with Gasteiger partial charge in [0.2, 0.25) is 0 Å². The van der Waals surface area contributed by atoms with E-state index in [1.165, 1.54) is 18.2 Å². The predicted molar refractivity (Wildman–Crippen MR) is 113 cm³/mol. The number of guanidine groups is 1. The molecule has 2 N–H and O–H groups in total. The zero-order valence-electron chi connectivity index (χ0n) is 17.3. The summed E-state index contributed by atoms with van der Waals surface area (Å²) >= 11 is 0. The van der Waals surface area contributed by atoms with Gasteiger partial charge < -0.3 is 15.1 Å². The lowest BCUT2D eigenvalue weighted by Gasteiger charge is -2.23. The van der Waals surface area contributed by atoms with Crippen LogP contribution in [0.4, 0.5) is 4.39 Å². The van der Waals surface area contributed by atoms with Crippen LogP contribution < -0.4 is 10.6 Å². The molecule has 1 atom stereocenters. The van der Waals surface area contributed by atoms with Crippen molar-refractivity contribution in [3.8, 4) is 0 Å². The molecule has 0 aliphatic heterocycles. The molecule has 9 heteroatoms. The first kappa shape index (κ1) is 22.9. The Balaban J connectivity index is 2.16. The van der Waals surface area contributed by atoms with Gasteiger partial charge in [-0.2, -0.15) is 0 Å². The van der Waals surface area contributed by atoms with E-state index in [9.17, 15) is 12.8 Å². The quantitative estimate of drug-likeness (QED) is 0.475. The van der Waals surface area contributed by atoms with Crippen molar-refractivity contribution in [3.63, 3.8) is 0 Å². The highest BCUT2D eigenvalue weighted by atomic mass is 32.2. The molecule has 2 aromatic rings. The third kappa shape index (κ3) is 7.51. The second-order valence-corrected chi connectivity index (χ2v) is 9.19. The Kier molecular flexibility index (Phi) is 8.21. The number of likely N-dealkylation sites (N-methyl/N-ethyl adjacent to an activating group) is 1. The minimum atomic E-state index is -3.24. The average Bonchev–Trinajstić information content (AvgIpc) is 3.14. The van der Waals surface area contributed by atoms with Crippen LogP contribution in [-0.2, 0) is 22.1 Å². The van der Waals surface area contributed by atoms with Crippen LogP contribution in [0.5, 0.6) is 0 Å². The Hall–Kier alpha value is -2.39. The molecule has 0 aliphatic rings. The van der Waals surface area contributed by atoms with Crippen molar-refractivity contribution in [1.82, 2.24) is 15.5 Å². The van der Waals surface area contributed by atoms with Gasteiger partial charge >= 0.3 is 0 Å². The summed E-state index contributed by atoms with van der Waals surface area (Å²) in [7, 11) is 0.687. The van der Waals surface area contributed by atoms with Crippen molar-refractivity contribution in [2.45, 2.75) is 25.3 Å². The fourth-order valence-electron chi connectivity index (χ4n) is 2.88. The highest BCUT2D eigenvalue weighted by Crippen LogP contribution is 2.18. The summed E-state index contributed by atoms with van der Waals surface area (Å²) in [6.07, 6.45) is 2.80. The van der Waals surface area contributed by atoms with Gasteiger partial charge in [-0.25, -0.2) is 17.8 Å². The molecule has 2 rings (SSSR count). The van der Waals surface area contributed by atoms with E-state index in [4.69, 9.17) is 4.42 Å². The van der Waals surface area contributed by atoms with Gasteiger partial charge in [-0.05, 0) is 56.4 Å². The summed E-state index contributed by atoms with van der Waals surface area (Å²) in [5.74, 6) is 0.818. The van der Waals surface area contributed by atoms with Gasteiger partial charge in [-0.15, -0.1) is 0 Å². The maximum Gasteiger partial charge on any atom is 0.191 e. The molecule has 0 saturated carbocycles. The fourth-order valence-corrected chi connectivity index (χ4v) is 3.73. The number of halogens is 1. The van der Waals surface area contributed by atoms with Crippen molar-refractivity contribution in [1.29, 1.82) is 0 Å². The van der Waals surface area contributed by atoms with Crippen molar-refractivity contribution in [2.24, 2.45) is 4.99 Å². The van der Waals surface area contributed by atoms with E-state index in [1.54, 1.807) is 6.26 Å². The molecule has 0 aliphatic carbocycles. The van der Waals surface area contributed by atoms with Crippen LogP contribution in [-0.4, -0.2) is 52.7 Å². The molecular formula is C20H29FN4O3S. The van der Waals surface area contributed by atoms with Gasteiger partial charge in [0.05, 0.1) is 24.6 Å². The van der Waals surface area contributed by atoms with Gasteiger partial charge in [0, 0.05) is 19.3 Å². The lowest BCUT2D eigenvalue weighted by molar-refractivity contribution is 0.258. The third-order valence-corrected chi connectivity index (χ3v) is 5.13. The number of aliphatic imine (C=N–C) groups is 1. The second kappa shape index (κ2) is 10.4. The lowest BCUT2D eigenvalue weighted by Crippen LogP contribution is -2.41. The van der Waals surface area contributed by atoms with E-state index in [0.29, 0.717) is 30.2 Å². The molecule has 0 radical (unpaired) electrons. The Morgan fingerprint density at radius 3 is 2.59 bits per heavy atom. The first-order chi connectivity index (χ1) is 13.7. The first-order valence-electron chi connectivity index (χ1n) is 9.36. The smallest absolute Gasteiger partial charge is 0.191 e. The van der Waals surface area contributed by atoms with Gasteiger partial charge in [0.1, 0.15) is 11.6 Å². The normalized spacial score (nSPS) is 13.5. The molecule has 1 aromatic carbocycles. The molecule has 0 fully saturated rings. The SMILES string of the molecule is CCNC(=NCc1cc(F)ccc1CS(C)(=O)=O)NCC(c1ccco1)N(C)C. The van der Waals surface area contributed by atoms with Crippen LogP contribution in [0.2, 0.25) is 0 Å². The molecule has 29 heavy (non-hydrogen) atoms. The van der Waals surface area contributed by atoms with Crippen LogP contribution in [0.15, 0.2) is 46.0 Å². The zero-order valence-corrected chi connectivity index (χ0v) is 18.1. The summed E-state index contributed by atoms with van der Waals surface area (Å²) in [6.45, 7) is 3.31. The summed E-state index contributed by atoms with van der Waals surface area (Å²) in [6, 6.07) is 7.87. The average molecular weight is 425 g/mol. The Bertz CT molecular complexity index is 912. The molecule has 1 heterocycles. The summed E-state index contributed by atoms with van der Waals surface area (Å²) in [5, 5.41) is 6.42. The van der Waals surface area contributed by atoms with Gasteiger partial charge in [0.15, 0.2) is 15.8 Å². The number of nitrogens with one attached hydrogen (secondary N) is 2. The number of hydrogen-bond donors (Lipinski definition) is 2. The molecule has 1 unspecified atom stereocenters. The lowest BCUT2D eigenvalue weighted by atomic mass is 10.1. The number of rotatable bonds is 9. The van der Waals surface area contributed by atoms with Crippen molar-refractivity contribution >= 4 is 15.8 Å². The number of hydrogen-bond acceptors (Lipinski definition) is 5. The van der Waals surface area contributed by atoms with Crippen molar-refractivity contribution in [3.05, 3.63) is 59.3 Å². The van der Waals surface area contributed by atoms with Gasteiger partial charge in [-0.1, -0.05) is 6.07 Å². The maximum absolute atomic E-state index is 13.7. The molecule has 0 spiro atoms. The van der Waals surface area contributed by atoms with E-state index < -0.39 is 15.7 Å². The number of sulfone groups is 1. The Morgan fingerprint density at radius 1 is 1.24 bits per heavy atom. The van der Waals surface area contributed by atoms with Crippen LogP contribution >= 0.6 is 0 Å². The fraction of sp³-hybridized carbons (Fsp3) is 0.450. The molecule has 0 amide bonds. The summed E-state index contributed by atoms with van der Waals surface area (Å²) < 4.78 is 42.5. The monoisotopic (exact) mass is 424 g/mol. The van der Waals surface area contributed by atoms with Gasteiger partial charge in [-0.3, -0.25) is 4.90 Å². The minimum absolute atomic E-state index is 0.00354. The molecular weight excluding hydrogens is 395 g/mol. The van der Waals surface area contributed by atoms with E-state index in [1.807, 2.05) is 38.1 Å². The Labute approximate surface area is 171 Å². The van der Waals surface area contributed by atoms with E-state index >= 15 is 0 Å². The summed E-state index contributed by atoms with van der Waals surface area (Å²) in [5.41, 5.74) is 1.10. The summed E-state index contributed by atoms with van der Waals surface area (Å²) in [4.78, 5) is 6.55. The van der Waals surface area contributed by atoms with E-state index in [0.717, 1.165) is 12.0 Å². The predicted octanol–water partition coefficient (Wildman–Crippen LogP) is 2.32. The second-order valence-electron chi connectivity index (χ2n) is 7.05.